The number of hydrogen-bond donors (Lipinski definition) is 1. The van der Waals surface area contributed by atoms with Gasteiger partial charge in [0.2, 0.25) is 5.75 Å². The van der Waals surface area contributed by atoms with Gasteiger partial charge in [0.1, 0.15) is 12.4 Å². The van der Waals surface area contributed by atoms with Gasteiger partial charge in [-0.05, 0) is 45.4 Å². The summed E-state index contributed by atoms with van der Waals surface area (Å²) in [5.41, 5.74) is 1.95. The van der Waals surface area contributed by atoms with Crippen LogP contribution >= 0.6 is 0 Å². The van der Waals surface area contributed by atoms with Crippen molar-refractivity contribution in [3.05, 3.63) is 65.4 Å². The second-order valence-electron chi connectivity index (χ2n) is 8.19. The maximum atomic E-state index is 13.0. The summed E-state index contributed by atoms with van der Waals surface area (Å²) in [7, 11) is 3.06. The lowest BCUT2D eigenvalue weighted by Gasteiger charge is -2.22. The minimum absolute atomic E-state index is 0.276. The molecule has 0 bridgehead atoms. The topological polar surface area (TPSA) is 74.6 Å². The number of nitrogens with one attached hydrogen (secondary N) is 1. The van der Waals surface area contributed by atoms with E-state index in [1.54, 1.807) is 16.8 Å². The maximum absolute atomic E-state index is 13.0. The third-order valence-electron chi connectivity index (χ3n) is 4.66. The van der Waals surface area contributed by atoms with Gasteiger partial charge in [0.15, 0.2) is 11.5 Å². The molecule has 164 valence electrons. The van der Waals surface area contributed by atoms with E-state index in [0.717, 1.165) is 11.3 Å². The van der Waals surface area contributed by atoms with Gasteiger partial charge in [-0.1, -0.05) is 30.3 Å². The number of anilines is 1. The highest BCUT2D eigenvalue weighted by Gasteiger charge is 2.22. The Hall–Kier alpha value is -3.48. The number of benzene rings is 2. The number of amides is 1. The molecule has 2 aromatic carbocycles. The molecule has 7 heteroatoms. The maximum Gasteiger partial charge on any atom is 0.257 e. The molecule has 1 heterocycles. The SMILES string of the molecule is COc1cc(C(=O)Nc2cc(C)nn2C(C)(C)C)cc(OC)c1OCc1ccccc1. The van der Waals surface area contributed by atoms with Crippen LogP contribution < -0.4 is 19.5 Å². The van der Waals surface area contributed by atoms with E-state index >= 15 is 0 Å². The lowest BCUT2D eigenvalue weighted by molar-refractivity contribution is 0.102. The van der Waals surface area contributed by atoms with Crippen LogP contribution in [0.25, 0.3) is 0 Å². The van der Waals surface area contributed by atoms with E-state index in [1.807, 2.05) is 64.1 Å². The van der Waals surface area contributed by atoms with Crippen molar-refractivity contribution in [1.82, 2.24) is 9.78 Å². The van der Waals surface area contributed by atoms with Crippen LogP contribution in [0.1, 0.15) is 42.4 Å². The van der Waals surface area contributed by atoms with Crippen LogP contribution in [0, 0.1) is 6.92 Å². The third-order valence-corrected chi connectivity index (χ3v) is 4.66. The van der Waals surface area contributed by atoms with Crippen LogP contribution in [0.2, 0.25) is 0 Å². The standard InChI is InChI=1S/C24H29N3O4/c1-16-12-21(27(26-16)24(2,3)4)25-23(28)18-13-19(29-5)22(20(14-18)30-6)31-15-17-10-8-7-9-11-17/h7-14H,15H2,1-6H3,(H,25,28). The van der Waals surface area contributed by atoms with Crippen LogP contribution in [0.4, 0.5) is 5.82 Å². The molecule has 7 nitrogen and oxygen atoms in total. The molecule has 0 radical (unpaired) electrons. The molecule has 0 aliphatic rings. The zero-order valence-electron chi connectivity index (χ0n) is 18.9. The number of rotatable bonds is 7. The molecular formula is C24H29N3O4. The lowest BCUT2D eigenvalue weighted by Crippen LogP contribution is -2.26. The molecule has 1 amide bonds. The van der Waals surface area contributed by atoms with Crippen LogP contribution in [-0.2, 0) is 12.1 Å². The van der Waals surface area contributed by atoms with Crippen molar-refractivity contribution in [2.45, 2.75) is 39.8 Å². The molecular weight excluding hydrogens is 394 g/mol. The van der Waals surface area contributed by atoms with Gasteiger partial charge >= 0.3 is 0 Å². The smallest absolute Gasteiger partial charge is 0.257 e. The Bertz CT molecular complexity index is 1030. The van der Waals surface area contributed by atoms with E-state index in [-0.39, 0.29) is 11.4 Å². The van der Waals surface area contributed by atoms with Crippen molar-refractivity contribution in [3.8, 4) is 17.2 Å². The normalized spacial score (nSPS) is 11.2. The van der Waals surface area contributed by atoms with Crippen molar-refractivity contribution in [2.75, 3.05) is 19.5 Å². The van der Waals surface area contributed by atoms with Gasteiger partial charge in [0.05, 0.1) is 25.5 Å². The summed E-state index contributed by atoms with van der Waals surface area (Å²) in [5.74, 6) is 1.61. The van der Waals surface area contributed by atoms with Gasteiger partial charge in [-0.2, -0.15) is 5.10 Å². The summed E-state index contributed by atoms with van der Waals surface area (Å²) in [6.07, 6.45) is 0. The van der Waals surface area contributed by atoms with Crippen molar-refractivity contribution in [2.24, 2.45) is 0 Å². The predicted octanol–water partition coefficient (Wildman–Crippen LogP) is 4.80. The Labute approximate surface area is 182 Å². The molecule has 0 spiro atoms. The van der Waals surface area contributed by atoms with Gasteiger partial charge in [-0.25, -0.2) is 4.68 Å². The molecule has 0 fully saturated rings. The zero-order valence-corrected chi connectivity index (χ0v) is 18.9. The average molecular weight is 424 g/mol. The van der Waals surface area contributed by atoms with E-state index in [1.165, 1.54) is 14.2 Å². The zero-order chi connectivity index (χ0) is 22.6. The van der Waals surface area contributed by atoms with E-state index in [4.69, 9.17) is 14.2 Å². The first-order chi connectivity index (χ1) is 14.7. The number of aryl methyl sites for hydroxylation is 1. The van der Waals surface area contributed by atoms with Crippen molar-refractivity contribution < 1.29 is 19.0 Å². The second kappa shape index (κ2) is 9.12. The van der Waals surface area contributed by atoms with Gasteiger partial charge in [-0.15, -0.1) is 0 Å². The van der Waals surface area contributed by atoms with Crippen LogP contribution in [0.15, 0.2) is 48.5 Å². The minimum Gasteiger partial charge on any atom is -0.493 e. The quantitative estimate of drug-likeness (QED) is 0.591. The lowest BCUT2D eigenvalue weighted by atomic mass is 10.1. The summed E-state index contributed by atoms with van der Waals surface area (Å²) in [4.78, 5) is 13.0. The largest absolute Gasteiger partial charge is 0.493 e. The van der Waals surface area contributed by atoms with Crippen LogP contribution in [0.3, 0.4) is 0 Å². The number of nitrogens with zero attached hydrogens (tertiary/aromatic N) is 2. The molecule has 0 saturated carbocycles. The summed E-state index contributed by atoms with van der Waals surface area (Å²) < 4.78 is 18.8. The Morgan fingerprint density at radius 2 is 1.65 bits per heavy atom. The highest BCUT2D eigenvalue weighted by atomic mass is 16.5. The highest BCUT2D eigenvalue weighted by molar-refractivity contribution is 6.04. The molecule has 0 atom stereocenters. The van der Waals surface area contributed by atoms with Gasteiger partial charge in [0.25, 0.3) is 5.91 Å². The number of aromatic nitrogens is 2. The fourth-order valence-electron chi connectivity index (χ4n) is 3.17. The molecule has 0 aliphatic carbocycles. The fraction of sp³-hybridized carbons (Fsp3) is 0.333. The summed E-state index contributed by atoms with van der Waals surface area (Å²) in [6.45, 7) is 8.33. The second-order valence-corrected chi connectivity index (χ2v) is 8.19. The molecule has 1 N–H and O–H groups in total. The van der Waals surface area contributed by atoms with Crippen molar-refractivity contribution in [3.63, 3.8) is 0 Å². The number of hydrogen-bond acceptors (Lipinski definition) is 5. The number of methoxy groups -OCH3 is 2. The van der Waals surface area contributed by atoms with Crippen LogP contribution in [-0.4, -0.2) is 29.9 Å². The first kappa shape index (κ1) is 22.2. The minimum atomic E-state index is -0.295. The first-order valence-corrected chi connectivity index (χ1v) is 10.0. The van der Waals surface area contributed by atoms with Gasteiger partial charge < -0.3 is 19.5 Å². The van der Waals surface area contributed by atoms with E-state index < -0.39 is 0 Å². The van der Waals surface area contributed by atoms with Gasteiger partial charge in [-0.3, -0.25) is 4.79 Å². The molecule has 3 aromatic rings. The third kappa shape index (κ3) is 5.17. The Morgan fingerprint density at radius 1 is 1.03 bits per heavy atom. The molecule has 3 rings (SSSR count). The number of carbonyl (C=O) groups excluding carboxylic acids is 1. The summed E-state index contributed by atoms with van der Waals surface area (Å²) in [5, 5.41) is 7.44. The first-order valence-electron chi connectivity index (χ1n) is 10.0. The molecule has 1 aromatic heterocycles. The molecule has 0 aliphatic heterocycles. The van der Waals surface area contributed by atoms with Crippen molar-refractivity contribution >= 4 is 11.7 Å². The van der Waals surface area contributed by atoms with E-state index in [9.17, 15) is 4.79 Å². The van der Waals surface area contributed by atoms with E-state index in [0.29, 0.717) is 35.2 Å². The number of ether oxygens (including phenoxy) is 3. The Morgan fingerprint density at radius 3 is 2.19 bits per heavy atom. The number of carbonyl (C=O) groups is 1. The fourth-order valence-corrected chi connectivity index (χ4v) is 3.17. The van der Waals surface area contributed by atoms with Gasteiger partial charge in [0, 0.05) is 11.6 Å². The Kier molecular flexibility index (Phi) is 6.53. The average Bonchev–Trinajstić information content (AvgIpc) is 3.12. The van der Waals surface area contributed by atoms with E-state index in [2.05, 4.69) is 10.4 Å². The highest BCUT2D eigenvalue weighted by Crippen LogP contribution is 2.39. The van der Waals surface area contributed by atoms with Crippen molar-refractivity contribution in [1.29, 1.82) is 0 Å². The van der Waals surface area contributed by atoms with Crippen LogP contribution in [0.5, 0.6) is 17.2 Å². The Balaban J connectivity index is 1.88. The molecule has 0 unspecified atom stereocenters. The summed E-state index contributed by atoms with van der Waals surface area (Å²) >= 11 is 0. The monoisotopic (exact) mass is 423 g/mol. The molecule has 31 heavy (non-hydrogen) atoms. The summed E-state index contributed by atoms with van der Waals surface area (Å²) in [6, 6.07) is 14.9. The predicted molar refractivity (Wildman–Crippen MR) is 120 cm³/mol. The molecule has 0 saturated heterocycles.